The first-order valence-electron chi connectivity index (χ1n) is 6.77. The predicted octanol–water partition coefficient (Wildman–Crippen LogP) is 2.51. The van der Waals surface area contributed by atoms with Crippen molar-refractivity contribution < 1.29 is 14.3 Å². The Hall–Kier alpha value is -1.94. The monoisotopic (exact) mass is 309 g/mol. The Morgan fingerprint density at radius 2 is 2.14 bits per heavy atom. The average molecular weight is 309 g/mol. The van der Waals surface area contributed by atoms with Crippen LogP contribution in [0.25, 0.3) is 0 Å². The van der Waals surface area contributed by atoms with Crippen LogP contribution in [0.4, 0.5) is 5.13 Å². The molecule has 0 bridgehead atoms. The van der Waals surface area contributed by atoms with Crippen LogP contribution >= 0.6 is 11.3 Å². The molecule has 1 heterocycles. The Balaban J connectivity index is 3.14. The van der Waals surface area contributed by atoms with E-state index in [9.17, 15) is 9.59 Å². The molecule has 1 aromatic heterocycles. The predicted molar refractivity (Wildman–Crippen MR) is 80.7 cm³/mol. The van der Waals surface area contributed by atoms with Crippen LogP contribution in [0.3, 0.4) is 0 Å². The summed E-state index contributed by atoms with van der Waals surface area (Å²) in [6.45, 7) is 8.21. The van der Waals surface area contributed by atoms with Gasteiger partial charge in [0, 0.05) is 20.0 Å². The highest BCUT2D eigenvalue weighted by atomic mass is 32.1. The molecule has 1 unspecified atom stereocenters. The topological polar surface area (TPSA) is 83.3 Å². The summed E-state index contributed by atoms with van der Waals surface area (Å²) in [4.78, 5) is 30.0. The van der Waals surface area contributed by atoms with Gasteiger partial charge in [0.05, 0.1) is 18.6 Å². The van der Waals surface area contributed by atoms with Gasteiger partial charge in [0.15, 0.2) is 16.6 Å². The van der Waals surface area contributed by atoms with Crippen LogP contribution in [0.2, 0.25) is 0 Å². The van der Waals surface area contributed by atoms with E-state index in [1.807, 2.05) is 18.7 Å². The van der Waals surface area contributed by atoms with Gasteiger partial charge < -0.3 is 9.64 Å². The summed E-state index contributed by atoms with van der Waals surface area (Å²) in [6, 6.07) is 2.16. The number of carbonyl (C=O) groups excluding carboxylic acids is 2. The lowest BCUT2D eigenvalue weighted by molar-refractivity contribution is 0.0517. The number of nitriles is 1. The summed E-state index contributed by atoms with van der Waals surface area (Å²) in [6.07, 6.45) is 0. The minimum absolute atomic E-state index is 0.0624. The van der Waals surface area contributed by atoms with Crippen molar-refractivity contribution in [3.63, 3.8) is 0 Å². The molecule has 6 nitrogen and oxygen atoms in total. The van der Waals surface area contributed by atoms with Gasteiger partial charge in [-0.25, -0.2) is 9.78 Å². The zero-order valence-electron chi connectivity index (χ0n) is 12.7. The second kappa shape index (κ2) is 7.74. The summed E-state index contributed by atoms with van der Waals surface area (Å²) >= 11 is 1.16. The number of anilines is 1. The maximum absolute atomic E-state index is 11.9. The van der Waals surface area contributed by atoms with E-state index in [0.29, 0.717) is 23.1 Å². The number of hydrogen-bond acceptors (Lipinski definition) is 7. The lowest BCUT2D eigenvalue weighted by Crippen LogP contribution is -2.27. The van der Waals surface area contributed by atoms with E-state index in [0.717, 1.165) is 11.3 Å². The van der Waals surface area contributed by atoms with Crippen LogP contribution in [-0.4, -0.2) is 36.4 Å². The van der Waals surface area contributed by atoms with Gasteiger partial charge >= 0.3 is 5.97 Å². The largest absolute Gasteiger partial charge is 0.461 e. The van der Waals surface area contributed by atoms with Crippen LogP contribution in [0.5, 0.6) is 0 Å². The first kappa shape index (κ1) is 17.1. The van der Waals surface area contributed by atoms with E-state index in [1.165, 1.54) is 6.92 Å². The van der Waals surface area contributed by atoms with Crippen molar-refractivity contribution in [1.82, 2.24) is 4.98 Å². The fourth-order valence-corrected chi connectivity index (χ4v) is 2.76. The van der Waals surface area contributed by atoms with E-state index in [2.05, 4.69) is 11.1 Å². The van der Waals surface area contributed by atoms with E-state index in [4.69, 9.17) is 10.00 Å². The van der Waals surface area contributed by atoms with Crippen molar-refractivity contribution in [2.45, 2.75) is 27.7 Å². The molecule has 0 fully saturated rings. The van der Waals surface area contributed by atoms with Crippen LogP contribution in [-0.2, 0) is 4.74 Å². The maximum atomic E-state index is 11.9. The second-order valence-electron chi connectivity index (χ2n) is 4.52. The molecule has 0 amide bonds. The molecule has 7 heteroatoms. The van der Waals surface area contributed by atoms with Gasteiger partial charge in [0.1, 0.15) is 4.88 Å². The lowest BCUT2D eigenvalue weighted by Gasteiger charge is -2.20. The molecular formula is C14H19N3O3S. The summed E-state index contributed by atoms with van der Waals surface area (Å²) < 4.78 is 4.93. The van der Waals surface area contributed by atoms with Gasteiger partial charge in [-0.1, -0.05) is 11.3 Å². The molecule has 0 aliphatic rings. The average Bonchev–Trinajstić information content (AvgIpc) is 2.90. The van der Waals surface area contributed by atoms with Crippen LogP contribution < -0.4 is 4.90 Å². The van der Waals surface area contributed by atoms with Crippen LogP contribution in [0.1, 0.15) is 47.9 Å². The normalized spacial score (nSPS) is 11.6. The molecule has 1 atom stereocenters. The van der Waals surface area contributed by atoms with Crippen molar-refractivity contribution >= 4 is 28.2 Å². The highest BCUT2D eigenvalue weighted by Gasteiger charge is 2.24. The summed E-state index contributed by atoms with van der Waals surface area (Å²) in [5, 5.41) is 9.47. The van der Waals surface area contributed by atoms with Crippen molar-refractivity contribution in [2.75, 3.05) is 24.6 Å². The first-order chi connectivity index (χ1) is 9.94. The fraction of sp³-hybridized carbons (Fsp3) is 0.571. The van der Waals surface area contributed by atoms with Gasteiger partial charge in [0.2, 0.25) is 0 Å². The minimum Gasteiger partial charge on any atom is -0.461 e. The molecule has 114 valence electrons. The number of esters is 1. The van der Waals surface area contributed by atoms with E-state index >= 15 is 0 Å². The number of rotatable bonds is 7. The Labute approximate surface area is 128 Å². The summed E-state index contributed by atoms with van der Waals surface area (Å²) in [5.74, 6) is -0.971. The molecule has 0 aromatic carbocycles. The Morgan fingerprint density at radius 1 is 1.48 bits per heavy atom. The SMILES string of the molecule is CCOC(=O)c1nc(N(CC)CC(C)C#N)sc1C(C)=O. The minimum atomic E-state index is -0.588. The zero-order valence-corrected chi connectivity index (χ0v) is 13.5. The first-order valence-corrected chi connectivity index (χ1v) is 7.59. The third kappa shape index (κ3) is 4.26. The molecule has 0 saturated carbocycles. The van der Waals surface area contributed by atoms with Gasteiger partial charge in [0.25, 0.3) is 0 Å². The molecule has 0 N–H and O–H groups in total. The quantitative estimate of drug-likeness (QED) is 0.568. The van der Waals surface area contributed by atoms with Crippen LogP contribution in [0, 0.1) is 17.2 Å². The number of hydrogen-bond donors (Lipinski definition) is 0. The number of aromatic nitrogens is 1. The van der Waals surface area contributed by atoms with Gasteiger partial charge in [-0.05, 0) is 20.8 Å². The van der Waals surface area contributed by atoms with Gasteiger partial charge in [-0.3, -0.25) is 4.79 Å². The standard InChI is InChI=1S/C14H19N3O3S/c1-5-17(8-9(3)7-15)14-16-11(13(19)20-6-2)12(21-14)10(4)18/h9H,5-6,8H2,1-4H3. The number of carbonyl (C=O) groups is 2. The number of ether oxygens (including phenoxy) is 1. The third-order valence-corrected chi connectivity index (χ3v) is 3.99. The summed E-state index contributed by atoms with van der Waals surface area (Å²) in [7, 11) is 0. The highest BCUT2D eigenvalue weighted by molar-refractivity contribution is 7.17. The molecular weight excluding hydrogens is 290 g/mol. The van der Waals surface area contributed by atoms with Gasteiger partial charge in [-0.15, -0.1) is 0 Å². The molecule has 21 heavy (non-hydrogen) atoms. The zero-order chi connectivity index (χ0) is 16.0. The van der Waals surface area contributed by atoms with E-state index in [1.54, 1.807) is 6.92 Å². The third-order valence-electron chi connectivity index (χ3n) is 2.77. The molecule has 1 rings (SSSR count). The van der Waals surface area contributed by atoms with E-state index in [-0.39, 0.29) is 24.0 Å². The Morgan fingerprint density at radius 3 is 2.62 bits per heavy atom. The Kier molecular flexibility index (Phi) is 6.31. The van der Waals surface area contributed by atoms with Crippen LogP contribution in [0.15, 0.2) is 0 Å². The molecule has 0 aliphatic heterocycles. The number of Topliss-reactive ketones (excluding diaryl/α,β-unsaturated/α-hetero) is 1. The van der Waals surface area contributed by atoms with E-state index < -0.39 is 5.97 Å². The van der Waals surface area contributed by atoms with Gasteiger partial charge in [-0.2, -0.15) is 5.26 Å². The lowest BCUT2D eigenvalue weighted by atomic mass is 10.2. The molecule has 0 aliphatic carbocycles. The number of nitrogens with zero attached hydrogens (tertiary/aromatic N) is 3. The molecule has 0 radical (unpaired) electrons. The molecule has 1 aromatic rings. The highest BCUT2D eigenvalue weighted by Crippen LogP contribution is 2.28. The molecule has 0 spiro atoms. The Bertz CT molecular complexity index is 562. The van der Waals surface area contributed by atoms with Crippen molar-refractivity contribution in [3.05, 3.63) is 10.6 Å². The van der Waals surface area contributed by atoms with Crippen molar-refractivity contribution in [2.24, 2.45) is 5.92 Å². The fourth-order valence-electron chi connectivity index (χ4n) is 1.73. The maximum Gasteiger partial charge on any atom is 0.358 e. The number of thiazole rings is 1. The number of ketones is 1. The summed E-state index contributed by atoms with van der Waals surface area (Å²) in [5.41, 5.74) is 0.0624. The second-order valence-corrected chi connectivity index (χ2v) is 5.50. The van der Waals surface area contributed by atoms with Crippen molar-refractivity contribution in [3.8, 4) is 6.07 Å². The smallest absolute Gasteiger partial charge is 0.358 e. The van der Waals surface area contributed by atoms with Crippen molar-refractivity contribution in [1.29, 1.82) is 5.26 Å². The molecule has 0 saturated heterocycles.